The predicted octanol–water partition coefficient (Wildman–Crippen LogP) is 8.27. The van der Waals surface area contributed by atoms with Crippen LogP contribution < -0.4 is 58.9 Å². The molecule has 33 heteroatoms. The highest BCUT2D eigenvalue weighted by molar-refractivity contribution is 7.53. The van der Waals surface area contributed by atoms with E-state index in [4.69, 9.17) is 28.4 Å². The van der Waals surface area contributed by atoms with E-state index in [-0.39, 0.29) is 71.4 Å². The van der Waals surface area contributed by atoms with Crippen molar-refractivity contribution < 1.29 is 56.9 Å². The summed E-state index contributed by atoms with van der Waals surface area (Å²) >= 11 is 0. The Hall–Kier alpha value is -10.3. The number of carbonyl (C=O) groups excluding carboxylic acids is 4. The van der Waals surface area contributed by atoms with Crippen molar-refractivity contribution in [1.82, 2.24) is 54.3 Å². The van der Waals surface area contributed by atoms with Crippen molar-refractivity contribution in [3.05, 3.63) is 122 Å². The number of hydrogen-bond acceptors (Lipinski definition) is 25. The number of nitrogens with zero attached hydrogens (tertiary/aromatic N) is 11. The van der Waals surface area contributed by atoms with Crippen LogP contribution >= 0.6 is 7.60 Å². The fourth-order valence-corrected chi connectivity index (χ4v) is 12.7. The van der Waals surface area contributed by atoms with Gasteiger partial charge in [-0.05, 0) is 166 Å². The molecule has 4 aromatic rings. The molecule has 0 radical (unpaired) electrons. The van der Waals surface area contributed by atoms with Gasteiger partial charge in [-0.25, -0.2) is 29.5 Å². The maximum absolute atomic E-state index is 13.5. The van der Waals surface area contributed by atoms with E-state index in [1.54, 1.807) is 46.4 Å². The zero-order valence-corrected chi connectivity index (χ0v) is 64.8. The van der Waals surface area contributed by atoms with Gasteiger partial charge in [0.05, 0.1) is 57.0 Å². The Morgan fingerprint density at radius 3 is 1.57 bits per heavy atom. The number of esters is 3. The van der Waals surface area contributed by atoms with Crippen molar-refractivity contribution >= 4 is 94.6 Å². The third-order valence-corrected chi connectivity index (χ3v) is 19.1. The molecule has 578 valence electrons. The molecular weight excluding hydrogens is 1400 g/mol. The van der Waals surface area contributed by atoms with Crippen LogP contribution in [0.2, 0.25) is 0 Å². The Kier molecular flexibility index (Phi) is 29.2. The second-order valence-corrected chi connectivity index (χ2v) is 30.8. The van der Waals surface area contributed by atoms with E-state index in [0.717, 1.165) is 83.2 Å². The summed E-state index contributed by atoms with van der Waals surface area (Å²) in [7, 11) is 4.01. The minimum atomic E-state index is -3.79. The summed E-state index contributed by atoms with van der Waals surface area (Å²) < 4.78 is 43.5. The second-order valence-electron chi connectivity index (χ2n) is 28.7. The van der Waals surface area contributed by atoms with Crippen molar-refractivity contribution in [2.45, 2.75) is 173 Å². The molecule has 5 aliphatic rings. The van der Waals surface area contributed by atoms with Gasteiger partial charge in [0.1, 0.15) is 12.0 Å². The number of ether oxygens (including phenoxy) is 3. The Bertz CT molecular complexity index is 4940. The van der Waals surface area contributed by atoms with Gasteiger partial charge in [-0.3, -0.25) is 61.9 Å². The van der Waals surface area contributed by atoms with Crippen molar-refractivity contribution in [1.29, 1.82) is 0 Å². The number of carboxylic acids is 1. The van der Waals surface area contributed by atoms with Crippen molar-refractivity contribution in [2.75, 3.05) is 82.3 Å². The first-order valence-electron chi connectivity index (χ1n) is 35.6. The minimum absolute atomic E-state index is 0.00332. The van der Waals surface area contributed by atoms with Gasteiger partial charge in [0, 0.05) is 72.0 Å². The van der Waals surface area contributed by atoms with E-state index in [1.807, 2.05) is 111 Å². The SMILES string of the molecule is C=c1nc2c(c(=O)[nH]1)=Nc1cc(C)c(C)cc1N2CC(=O)NCCCC(=O)O.CCCCOC(=O)CCCCCCn1c2nc(=O)[nH]c(=O)c-2nc2cc(C)c(N(C)C)cc21.Cc1cc2nc3c(=O)[nH]c(=O)nc-3n(CCCCCCP(=O)(OCOC(=O)C(C)(C)C)OCOC(=O)C(C)(C)C)c2cc1N(C)C. The van der Waals surface area contributed by atoms with Gasteiger partial charge >= 0.3 is 42.9 Å². The number of aliphatic carboxylic acids is 1. The number of anilines is 4. The highest BCUT2D eigenvalue weighted by Crippen LogP contribution is 2.49. The third-order valence-electron chi connectivity index (χ3n) is 17.2. The quantitative estimate of drug-likeness (QED) is 0.00681. The number of aromatic amines is 3. The summed E-state index contributed by atoms with van der Waals surface area (Å²) in [4.78, 5) is 159. The van der Waals surface area contributed by atoms with Crippen LogP contribution in [0.15, 0.2) is 65.4 Å². The number of aromatic nitrogens is 10. The summed E-state index contributed by atoms with van der Waals surface area (Å²) in [6, 6.07) is 11.6. The number of unbranched alkanes of at least 4 members (excludes halogenated alkanes) is 7. The molecule has 0 fully saturated rings. The van der Waals surface area contributed by atoms with E-state index in [9.17, 15) is 52.5 Å². The van der Waals surface area contributed by atoms with Crippen molar-refractivity contribution in [3.8, 4) is 23.0 Å². The van der Waals surface area contributed by atoms with Crippen LogP contribution in [0.4, 0.5) is 28.6 Å². The van der Waals surface area contributed by atoms with E-state index in [1.165, 1.54) is 0 Å². The third kappa shape index (κ3) is 23.1. The normalized spacial score (nSPS) is 12.0. The monoisotopic (exact) mass is 1500 g/mol. The molecule has 0 atom stereocenters. The first-order valence-corrected chi connectivity index (χ1v) is 37.3. The molecule has 0 bridgehead atoms. The van der Waals surface area contributed by atoms with Gasteiger partial charge in [-0.15, -0.1) is 0 Å². The lowest BCUT2D eigenvalue weighted by Gasteiger charge is -2.28. The molecule has 0 aliphatic carbocycles. The van der Waals surface area contributed by atoms with Crippen molar-refractivity contribution in [3.63, 3.8) is 0 Å². The molecule has 9 rings (SSSR count). The number of carboxylic acid groups (broad SMARTS) is 1. The maximum atomic E-state index is 13.5. The Morgan fingerprint density at radius 2 is 1.08 bits per heavy atom. The highest BCUT2D eigenvalue weighted by Gasteiger charge is 2.31. The molecule has 0 saturated heterocycles. The largest absolute Gasteiger partial charge is 0.481 e. The maximum Gasteiger partial charge on any atom is 0.349 e. The smallest absolute Gasteiger partial charge is 0.349 e. The number of aryl methyl sites for hydroxylation is 6. The lowest BCUT2D eigenvalue weighted by molar-refractivity contribution is -0.162. The number of amides is 1. The summed E-state index contributed by atoms with van der Waals surface area (Å²) in [5, 5.41) is 11.5. The lowest BCUT2D eigenvalue weighted by Crippen LogP contribution is -2.45. The molecule has 5 aliphatic heterocycles. The van der Waals surface area contributed by atoms with Crippen LogP contribution in [0.1, 0.15) is 154 Å². The lowest BCUT2D eigenvalue weighted by atomic mass is 9.98. The van der Waals surface area contributed by atoms with E-state index >= 15 is 0 Å². The minimum Gasteiger partial charge on any atom is -0.481 e. The zero-order chi connectivity index (χ0) is 78.8. The molecule has 107 heavy (non-hydrogen) atoms. The van der Waals surface area contributed by atoms with Crippen LogP contribution in [-0.4, -0.2) is 152 Å². The van der Waals surface area contributed by atoms with Gasteiger partial charge in [0.15, 0.2) is 34.2 Å². The summed E-state index contributed by atoms with van der Waals surface area (Å²) in [5.74, 6) is -1.64. The Labute approximate surface area is 618 Å². The van der Waals surface area contributed by atoms with E-state index in [0.29, 0.717) is 86.5 Å². The van der Waals surface area contributed by atoms with Crippen LogP contribution in [-0.2, 0) is 64.9 Å². The molecule has 3 aromatic carbocycles. The first-order chi connectivity index (χ1) is 50.4. The number of carbonyl (C=O) groups is 5. The molecule has 0 unspecified atom stereocenters. The summed E-state index contributed by atoms with van der Waals surface area (Å²) in [5.41, 5.74) is 6.07. The highest BCUT2D eigenvalue weighted by atomic mass is 31.2. The molecule has 6 heterocycles. The summed E-state index contributed by atoms with van der Waals surface area (Å²) in [6.07, 6.45) is 8.45. The second kappa shape index (κ2) is 37.3. The molecule has 0 spiro atoms. The van der Waals surface area contributed by atoms with E-state index in [2.05, 4.69) is 63.7 Å². The Morgan fingerprint density at radius 1 is 0.589 bits per heavy atom. The number of hydrogen-bond donors (Lipinski definition) is 5. The zero-order valence-electron chi connectivity index (χ0n) is 63.9. The predicted molar refractivity (Wildman–Crippen MR) is 407 cm³/mol. The Balaban J connectivity index is 0.000000232. The molecular formula is C74H100N15O17P. The van der Waals surface area contributed by atoms with Crippen LogP contribution in [0.5, 0.6) is 0 Å². The standard InChI is InChI=1S/C31H46N5O9P.C24H33N5O4.C19H21N5O4/c1-20-16-21-23(17-22(20)35(8)9)36(25-24(32-21)26(37)34-29(40)33-25)14-12-10-11-13-15-46(41,44-18-42-27(38)30(2,3)4)45-19-43-28(39)31(5,6)7;1-5-6-13-33-20(30)11-9-7-8-10-12-29-19-15-18(28(3)4)16(2)14-17(19)25-21-22(29)26-24(32)27-23(21)31;1-10-7-13-14(8-11(10)2)24(9-15(25)20-6-4-5-16(26)27)18-17(23-13)19(28)22-12(3)21-18/h16-17H,10-15,18-19H2,1-9H3,(H,34,37,40);14-15H,5-13H2,1-4H3,(H,27,31,32);7-8H,3-6,9H2,1-2H3,(H,20,25)(H,22,28)(H,26,27). The van der Waals surface area contributed by atoms with Gasteiger partial charge in [-0.2, -0.15) is 9.97 Å². The van der Waals surface area contributed by atoms with Crippen LogP contribution in [0.25, 0.3) is 51.7 Å². The first kappa shape index (κ1) is 83.9. The van der Waals surface area contributed by atoms with Crippen LogP contribution in [0, 0.1) is 38.5 Å². The number of H-pyrrole nitrogens is 3. The van der Waals surface area contributed by atoms with Crippen molar-refractivity contribution in [2.24, 2.45) is 15.8 Å². The van der Waals surface area contributed by atoms with Crippen LogP contribution in [0.3, 0.4) is 0 Å². The van der Waals surface area contributed by atoms with E-state index < -0.39 is 78.0 Å². The average Bonchev–Trinajstić information content (AvgIpc) is 0.766. The number of rotatable bonds is 31. The van der Waals surface area contributed by atoms with Gasteiger partial charge in [-0.1, -0.05) is 45.6 Å². The number of nitrogens with one attached hydrogen (secondary N) is 4. The molecule has 5 N–H and O–H groups in total. The number of fused-ring (bicyclic) bond motifs is 6. The van der Waals surface area contributed by atoms with Gasteiger partial charge in [0.25, 0.3) is 16.7 Å². The summed E-state index contributed by atoms with van der Waals surface area (Å²) in [6.45, 7) is 24.3. The molecule has 1 aromatic heterocycles. The fraction of sp³-hybridized carbons (Fsp3) is 0.514. The topological polar surface area (TPSA) is 410 Å². The molecule has 32 nitrogen and oxygen atoms in total. The fourth-order valence-electron chi connectivity index (χ4n) is 11.4. The van der Waals surface area contributed by atoms with Gasteiger partial charge in [0.2, 0.25) is 19.5 Å². The molecule has 1 amide bonds. The van der Waals surface area contributed by atoms with Gasteiger partial charge < -0.3 is 53.5 Å². The molecule has 0 saturated carbocycles. The average molecular weight is 1500 g/mol. The number of benzene rings is 3.